The van der Waals surface area contributed by atoms with Crippen LogP contribution < -0.4 is 21.2 Å². The monoisotopic (exact) mass is 1240 g/mol. The topological polar surface area (TPSA) is 177 Å². The van der Waals surface area contributed by atoms with Gasteiger partial charge < -0.3 is 19.6 Å². The van der Waals surface area contributed by atoms with E-state index >= 15 is 0 Å². The number of pyridine rings is 2. The van der Waals surface area contributed by atoms with Crippen LogP contribution in [0.5, 0.6) is 0 Å². The maximum atomic E-state index is 15.0. The number of hydrogen-bond donors (Lipinski definition) is 0. The smallest absolute Gasteiger partial charge is 0.349 e. The third kappa shape index (κ3) is 12.2. The molecule has 4 aromatic carbocycles. The zero-order valence-corrected chi connectivity index (χ0v) is 52.5. The van der Waals surface area contributed by atoms with Crippen LogP contribution in [0.3, 0.4) is 0 Å². The van der Waals surface area contributed by atoms with Gasteiger partial charge in [-0.05, 0) is 136 Å². The number of amides is 2. The first kappa shape index (κ1) is 62.7. The van der Waals surface area contributed by atoms with E-state index < -0.39 is 44.6 Å². The van der Waals surface area contributed by atoms with Crippen molar-refractivity contribution in [2.75, 3.05) is 48.5 Å². The maximum Gasteiger partial charge on any atom is 0.355 e. The van der Waals surface area contributed by atoms with Gasteiger partial charge in [0.2, 0.25) is 11.8 Å². The maximum absolute atomic E-state index is 15.0. The lowest BCUT2D eigenvalue weighted by Crippen LogP contribution is -2.58. The van der Waals surface area contributed by atoms with Gasteiger partial charge in [-0.2, -0.15) is 9.97 Å². The fourth-order valence-corrected chi connectivity index (χ4v) is 12.8. The van der Waals surface area contributed by atoms with Crippen molar-refractivity contribution in [2.45, 2.75) is 101 Å². The number of carbonyl (C=O) groups excluding carboxylic acids is 2. The predicted molar refractivity (Wildman–Crippen MR) is 340 cm³/mol. The van der Waals surface area contributed by atoms with Gasteiger partial charge in [0.1, 0.15) is 23.3 Å². The van der Waals surface area contributed by atoms with Crippen LogP contribution in [-0.2, 0) is 31.2 Å². The zero-order valence-electron chi connectivity index (χ0n) is 49.3. The minimum Gasteiger partial charge on any atom is -0.349 e. The van der Waals surface area contributed by atoms with Crippen molar-refractivity contribution < 1.29 is 26.8 Å². The third-order valence-corrected chi connectivity index (χ3v) is 18.1. The molecule has 86 heavy (non-hydrogen) atoms. The first-order valence-electron chi connectivity index (χ1n) is 28.0. The highest BCUT2D eigenvalue weighted by atomic mass is 35.5. The lowest BCUT2D eigenvalue weighted by atomic mass is 10.0. The molecule has 6 heterocycles. The van der Waals surface area contributed by atoms with Crippen molar-refractivity contribution in [1.29, 1.82) is 0 Å². The number of rotatable bonds is 12. The lowest BCUT2D eigenvalue weighted by Gasteiger charge is -2.44. The van der Waals surface area contributed by atoms with Gasteiger partial charge in [0.05, 0.1) is 43.6 Å². The van der Waals surface area contributed by atoms with Crippen LogP contribution in [-0.4, -0.2) is 122 Å². The Kier molecular flexibility index (Phi) is 18.7. The molecule has 448 valence electrons. The second-order valence-corrected chi connectivity index (χ2v) is 25.8. The summed E-state index contributed by atoms with van der Waals surface area (Å²) in [6.45, 7) is 24.6. The van der Waals surface area contributed by atoms with E-state index in [4.69, 9.17) is 33.2 Å². The molecule has 4 aromatic heterocycles. The molecule has 8 aromatic rings. The summed E-state index contributed by atoms with van der Waals surface area (Å²) in [4.78, 5) is 80.6. The summed E-state index contributed by atoms with van der Waals surface area (Å²) in [5, 5.41) is 1.41. The zero-order chi connectivity index (χ0) is 62.3. The summed E-state index contributed by atoms with van der Waals surface area (Å²) >= 11 is 13.6. The molecule has 2 saturated heterocycles. The Bertz CT molecular complexity index is 3950. The second-order valence-electron chi connectivity index (χ2n) is 22.2. The minimum atomic E-state index is -1.23. The van der Waals surface area contributed by atoms with Gasteiger partial charge in [0.25, 0.3) is 0 Å². The number of anilines is 2. The van der Waals surface area contributed by atoms with Gasteiger partial charge in [-0.15, -0.1) is 0 Å². The summed E-state index contributed by atoms with van der Waals surface area (Å²) in [6.07, 6.45) is 5.80. The molecule has 0 radical (unpaired) electrons. The van der Waals surface area contributed by atoms with Crippen molar-refractivity contribution in [3.05, 3.63) is 176 Å². The van der Waals surface area contributed by atoms with E-state index in [-0.39, 0.29) is 91.7 Å². The van der Waals surface area contributed by atoms with Crippen molar-refractivity contribution in [2.24, 2.45) is 0 Å². The van der Waals surface area contributed by atoms with Gasteiger partial charge in [-0.3, -0.25) is 18.0 Å². The molecule has 10 rings (SSSR count). The van der Waals surface area contributed by atoms with E-state index in [9.17, 15) is 36.4 Å². The summed E-state index contributed by atoms with van der Waals surface area (Å²) in [7, 11) is -2.46. The van der Waals surface area contributed by atoms with Crippen molar-refractivity contribution in [1.82, 2.24) is 38.9 Å². The highest BCUT2D eigenvalue weighted by molar-refractivity contribution is 7.84. The Labute approximate surface area is 512 Å². The Balaban J connectivity index is 0.000000205. The molecule has 0 aliphatic carbocycles. The number of aromatic nitrogens is 6. The number of carbonyl (C=O) groups is 2. The number of halogens is 4. The van der Waals surface area contributed by atoms with Gasteiger partial charge in [-0.1, -0.05) is 88.3 Å². The van der Waals surface area contributed by atoms with Gasteiger partial charge >= 0.3 is 11.4 Å². The first-order valence-corrected chi connectivity index (χ1v) is 31.8. The van der Waals surface area contributed by atoms with Crippen molar-refractivity contribution in [3.8, 4) is 33.9 Å². The Morgan fingerprint density at radius 2 is 0.919 bits per heavy atom. The average molecular weight is 1240 g/mol. The summed E-state index contributed by atoms with van der Waals surface area (Å²) < 4.78 is 57.4. The van der Waals surface area contributed by atoms with Crippen LogP contribution in [0.1, 0.15) is 78.4 Å². The second kappa shape index (κ2) is 25.7. The number of fused-ring (bicyclic) bond motifs is 2. The Morgan fingerprint density at radius 3 is 1.24 bits per heavy atom. The highest BCUT2D eigenvalue weighted by Crippen LogP contribution is 2.39. The fraction of sp³-hybridized carbons (Fsp3) is 0.312. The number of nitrogens with zero attached hydrogens (tertiary/aromatic N) is 10. The number of hydrogen-bond acceptors (Lipinski definition) is 12. The van der Waals surface area contributed by atoms with Crippen molar-refractivity contribution in [3.63, 3.8) is 0 Å². The predicted octanol–water partition coefficient (Wildman–Crippen LogP) is 11.4. The molecular formula is C64H66Cl2F2N10O6S2. The molecule has 0 N–H and O–H groups in total. The standard InChI is InChI=1S/2C32H33ClFN5O3S/c2*1-7-28(40)37-16-20(5)38(17-19(37)4)30-24-15-25(33)29(22-10-8-9-11-26(22)34)35-31(24)39(32(41)36-30)27-13-12-21(43(6)42)14-23(27)18(2)3/h2*7-15,18-20H,1,16-17H2,2-6H3/t2*19-,20+,43?/m11/s1. The van der Waals surface area contributed by atoms with Gasteiger partial charge in [-0.25, -0.2) is 37.5 Å². The normalized spacial score (nSPS) is 17.9. The fourth-order valence-electron chi connectivity index (χ4n) is 11.2. The molecule has 2 amide bonds. The lowest BCUT2D eigenvalue weighted by molar-refractivity contribution is -0.129. The number of benzene rings is 4. The van der Waals surface area contributed by atoms with Crippen LogP contribution in [0.25, 0.3) is 56.0 Å². The third-order valence-electron chi connectivity index (χ3n) is 15.7. The molecule has 2 fully saturated rings. The minimum absolute atomic E-state index is 0.0326. The Morgan fingerprint density at radius 1 is 0.558 bits per heavy atom. The van der Waals surface area contributed by atoms with Gasteiger partial charge in [0, 0.05) is 105 Å². The molecule has 6 atom stereocenters. The van der Waals surface area contributed by atoms with E-state index in [0.29, 0.717) is 69.8 Å². The Hall–Kier alpha value is -7.78. The average Bonchev–Trinajstić information content (AvgIpc) is 0.795. The van der Waals surface area contributed by atoms with E-state index in [1.807, 2.05) is 77.3 Å². The SMILES string of the molecule is C=CC(=O)N1C[C@H](C)N(c2nc(=O)n(-c3ccc(S(C)=O)cc3C(C)C)c3nc(-c4ccccc4F)c(Cl)cc23)C[C@H]1C.C=CC(=O)N1C[C@H](C)N(c2nc(=O)n(-c3ccc(S(C)=O)cc3C(C)C)c3nc(-c4ccccc4F)c(Cl)cc23)C[C@H]1C. The quantitative estimate of drug-likeness (QED) is 0.106. The molecule has 2 aliphatic heterocycles. The first-order chi connectivity index (χ1) is 40.8. The summed E-state index contributed by atoms with van der Waals surface area (Å²) in [6, 6.07) is 25.6. The number of piperazine rings is 2. The molecule has 0 saturated carbocycles. The van der Waals surface area contributed by atoms with Crippen LogP contribution in [0.2, 0.25) is 10.0 Å². The highest BCUT2D eigenvalue weighted by Gasteiger charge is 2.36. The molecule has 16 nitrogen and oxygen atoms in total. The van der Waals surface area contributed by atoms with Crippen molar-refractivity contribution >= 4 is 90.3 Å². The molecule has 0 bridgehead atoms. The van der Waals surface area contributed by atoms with E-state index in [1.54, 1.807) is 95.1 Å². The molecule has 22 heteroatoms. The molecule has 2 aliphatic rings. The summed E-state index contributed by atoms with van der Waals surface area (Å²) in [5.74, 6) is -0.621. The van der Waals surface area contributed by atoms with E-state index in [0.717, 1.165) is 11.1 Å². The largest absolute Gasteiger partial charge is 0.355 e. The molecule has 0 spiro atoms. The molecular weight excluding hydrogens is 1180 g/mol. The van der Waals surface area contributed by atoms with Crippen LogP contribution in [0.15, 0.2) is 142 Å². The van der Waals surface area contributed by atoms with E-state index in [2.05, 4.69) is 23.1 Å². The summed E-state index contributed by atoms with van der Waals surface area (Å²) in [5.41, 5.74) is 2.80. The van der Waals surface area contributed by atoms with Crippen LogP contribution in [0, 0.1) is 11.6 Å². The van der Waals surface area contributed by atoms with Crippen LogP contribution >= 0.6 is 23.2 Å². The molecule has 2 unspecified atom stereocenters. The van der Waals surface area contributed by atoms with Crippen LogP contribution in [0.4, 0.5) is 20.4 Å². The van der Waals surface area contributed by atoms with Gasteiger partial charge in [0.15, 0.2) is 11.3 Å². The van der Waals surface area contributed by atoms with E-state index in [1.165, 1.54) is 33.4 Å².